The largest absolute Gasteiger partial charge is 0.377 e. The number of ether oxygens (including phenoxy) is 1. The van der Waals surface area contributed by atoms with Crippen molar-refractivity contribution in [2.75, 3.05) is 20.2 Å². The Morgan fingerprint density at radius 3 is 2.60 bits per heavy atom. The van der Waals surface area contributed by atoms with E-state index >= 15 is 0 Å². The maximum Gasteiger partial charge on any atom is 0.191 e. The topological polar surface area (TPSA) is 45.6 Å². The van der Waals surface area contributed by atoms with Gasteiger partial charge in [0, 0.05) is 31.6 Å². The molecular formula is C19H28IN3OS. The first kappa shape index (κ1) is 21.9. The molecule has 0 bridgehead atoms. The lowest BCUT2D eigenvalue weighted by molar-refractivity contribution is 0.121. The van der Waals surface area contributed by atoms with Gasteiger partial charge in [0.2, 0.25) is 0 Å². The van der Waals surface area contributed by atoms with Crippen LogP contribution in [0.25, 0.3) is 0 Å². The number of hydrogen-bond donors (Lipinski definition) is 2. The van der Waals surface area contributed by atoms with Crippen molar-refractivity contribution in [1.82, 2.24) is 10.6 Å². The maximum atomic E-state index is 5.68. The number of nitrogens with one attached hydrogen (secondary N) is 2. The van der Waals surface area contributed by atoms with Crippen LogP contribution in [0.4, 0.5) is 0 Å². The predicted molar refractivity (Wildman–Crippen MR) is 118 cm³/mol. The lowest BCUT2D eigenvalue weighted by Gasteiger charge is -2.14. The second-order valence-corrected chi connectivity index (χ2v) is 6.54. The Bertz CT molecular complexity index is 617. The zero-order valence-corrected chi connectivity index (χ0v) is 18.1. The van der Waals surface area contributed by atoms with E-state index in [0.29, 0.717) is 6.61 Å². The van der Waals surface area contributed by atoms with Crippen molar-refractivity contribution in [1.29, 1.82) is 0 Å². The van der Waals surface area contributed by atoms with Crippen molar-refractivity contribution < 1.29 is 4.74 Å². The van der Waals surface area contributed by atoms with Crippen LogP contribution in [0.2, 0.25) is 0 Å². The molecule has 0 spiro atoms. The molecule has 25 heavy (non-hydrogen) atoms. The van der Waals surface area contributed by atoms with Crippen LogP contribution in [0.5, 0.6) is 0 Å². The number of guanidine groups is 1. The molecule has 0 radical (unpaired) electrons. The first-order valence-electron chi connectivity index (χ1n) is 8.45. The van der Waals surface area contributed by atoms with Gasteiger partial charge in [0.15, 0.2) is 5.96 Å². The molecule has 0 unspecified atom stereocenters. The lowest BCUT2D eigenvalue weighted by atomic mass is 10.1. The molecule has 0 amide bonds. The first-order chi connectivity index (χ1) is 11.8. The Hall–Kier alpha value is -1.12. The maximum absolute atomic E-state index is 5.68. The van der Waals surface area contributed by atoms with Crippen molar-refractivity contribution in [3.8, 4) is 0 Å². The molecule has 6 heteroatoms. The molecule has 2 aromatic rings. The fourth-order valence-corrected chi connectivity index (χ4v) is 3.06. The summed E-state index contributed by atoms with van der Waals surface area (Å²) in [5.74, 6) is 0.829. The SMILES string of the molecule is CCCOCc1ccccc1CNC(=NC)NCCc1cccs1.I. The molecule has 0 fully saturated rings. The summed E-state index contributed by atoms with van der Waals surface area (Å²) < 4.78 is 5.68. The van der Waals surface area contributed by atoms with Gasteiger partial charge in [-0.25, -0.2) is 0 Å². The minimum Gasteiger partial charge on any atom is -0.377 e. The summed E-state index contributed by atoms with van der Waals surface area (Å²) >= 11 is 1.79. The van der Waals surface area contributed by atoms with Crippen LogP contribution in [0.3, 0.4) is 0 Å². The Balaban J connectivity index is 0.00000312. The lowest BCUT2D eigenvalue weighted by Crippen LogP contribution is -2.38. The molecule has 2 N–H and O–H groups in total. The number of aliphatic imine (C=N–C) groups is 1. The summed E-state index contributed by atoms with van der Waals surface area (Å²) in [5.41, 5.74) is 2.47. The summed E-state index contributed by atoms with van der Waals surface area (Å²) in [6, 6.07) is 12.6. The number of thiophene rings is 1. The number of hydrogen-bond acceptors (Lipinski definition) is 3. The summed E-state index contributed by atoms with van der Waals surface area (Å²) in [5, 5.41) is 8.86. The number of benzene rings is 1. The van der Waals surface area contributed by atoms with E-state index in [1.165, 1.54) is 16.0 Å². The molecule has 2 rings (SSSR count). The standard InChI is InChI=1S/C19H27N3OS.HI/c1-3-12-23-15-17-8-5-4-7-16(17)14-22-19(20-2)21-11-10-18-9-6-13-24-18;/h4-9,13H,3,10-12,14-15H2,1-2H3,(H2,20,21,22);1H. The van der Waals surface area contributed by atoms with E-state index < -0.39 is 0 Å². The van der Waals surface area contributed by atoms with E-state index in [-0.39, 0.29) is 24.0 Å². The van der Waals surface area contributed by atoms with Crippen LogP contribution in [-0.4, -0.2) is 26.2 Å². The zero-order chi connectivity index (χ0) is 17.0. The van der Waals surface area contributed by atoms with Crippen molar-refractivity contribution in [3.05, 3.63) is 57.8 Å². The molecule has 4 nitrogen and oxygen atoms in total. The second-order valence-electron chi connectivity index (χ2n) is 5.50. The Labute approximate surface area is 172 Å². The van der Waals surface area contributed by atoms with Crippen molar-refractivity contribution >= 4 is 41.3 Å². The van der Waals surface area contributed by atoms with E-state index in [9.17, 15) is 0 Å². The van der Waals surface area contributed by atoms with E-state index in [1.54, 1.807) is 18.4 Å². The van der Waals surface area contributed by atoms with Crippen LogP contribution in [0.15, 0.2) is 46.8 Å². The van der Waals surface area contributed by atoms with Crippen LogP contribution < -0.4 is 10.6 Å². The molecule has 1 aromatic carbocycles. The summed E-state index contributed by atoms with van der Waals surface area (Å²) in [6.07, 6.45) is 2.06. The molecule has 138 valence electrons. The molecule has 0 aliphatic rings. The highest BCUT2D eigenvalue weighted by Gasteiger charge is 2.04. The smallest absolute Gasteiger partial charge is 0.191 e. The van der Waals surface area contributed by atoms with Gasteiger partial charge in [0.1, 0.15) is 0 Å². The number of nitrogens with zero attached hydrogens (tertiary/aromatic N) is 1. The van der Waals surface area contributed by atoms with E-state index in [0.717, 1.165) is 38.5 Å². The van der Waals surface area contributed by atoms with Crippen molar-refractivity contribution in [3.63, 3.8) is 0 Å². The average Bonchev–Trinajstić information content (AvgIpc) is 3.12. The highest BCUT2D eigenvalue weighted by molar-refractivity contribution is 14.0. The van der Waals surface area contributed by atoms with Gasteiger partial charge in [-0.05, 0) is 35.4 Å². The Morgan fingerprint density at radius 2 is 1.92 bits per heavy atom. The van der Waals surface area contributed by atoms with Gasteiger partial charge >= 0.3 is 0 Å². The Morgan fingerprint density at radius 1 is 1.12 bits per heavy atom. The van der Waals surface area contributed by atoms with Gasteiger partial charge in [-0.1, -0.05) is 37.3 Å². The van der Waals surface area contributed by atoms with Gasteiger partial charge in [-0.3, -0.25) is 4.99 Å². The van der Waals surface area contributed by atoms with Crippen molar-refractivity contribution in [2.45, 2.75) is 32.9 Å². The normalized spacial score (nSPS) is 11.0. The van der Waals surface area contributed by atoms with Gasteiger partial charge in [0.05, 0.1) is 6.61 Å². The number of rotatable bonds is 9. The number of halogens is 1. The van der Waals surface area contributed by atoms with Crippen molar-refractivity contribution in [2.24, 2.45) is 4.99 Å². The summed E-state index contributed by atoms with van der Waals surface area (Å²) in [7, 11) is 1.80. The summed E-state index contributed by atoms with van der Waals surface area (Å²) in [4.78, 5) is 5.68. The highest BCUT2D eigenvalue weighted by atomic mass is 127. The zero-order valence-electron chi connectivity index (χ0n) is 15.0. The van der Waals surface area contributed by atoms with Gasteiger partial charge in [-0.15, -0.1) is 35.3 Å². The Kier molecular flexibility index (Phi) is 11.5. The van der Waals surface area contributed by atoms with Gasteiger partial charge < -0.3 is 15.4 Å². The summed E-state index contributed by atoms with van der Waals surface area (Å²) in [6.45, 7) is 5.20. The van der Waals surface area contributed by atoms with Crippen LogP contribution in [0, 0.1) is 0 Å². The third-order valence-electron chi connectivity index (χ3n) is 3.64. The van der Waals surface area contributed by atoms with E-state index in [4.69, 9.17) is 4.74 Å². The predicted octanol–water partition coefficient (Wildman–Crippen LogP) is 4.20. The molecule has 0 saturated heterocycles. The van der Waals surface area contributed by atoms with Crippen LogP contribution in [-0.2, 0) is 24.3 Å². The highest BCUT2D eigenvalue weighted by Crippen LogP contribution is 2.10. The average molecular weight is 473 g/mol. The minimum absolute atomic E-state index is 0. The fourth-order valence-electron chi connectivity index (χ4n) is 2.36. The quantitative estimate of drug-likeness (QED) is 0.248. The first-order valence-corrected chi connectivity index (χ1v) is 9.33. The third-order valence-corrected chi connectivity index (χ3v) is 4.57. The molecule has 0 aliphatic carbocycles. The monoisotopic (exact) mass is 473 g/mol. The fraction of sp³-hybridized carbons (Fsp3) is 0.421. The van der Waals surface area contributed by atoms with Gasteiger partial charge in [0.25, 0.3) is 0 Å². The second kappa shape index (κ2) is 13.1. The molecule has 0 atom stereocenters. The molecule has 1 heterocycles. The minimum atomic E-state index is 0. The molecule has 1 aromatic heterocycles. The van der Waals surface area contributed by atoms with Crippen LogP contribution >= 0.6 is 35.3 Å². The molecular weight excluding hydrogens is 445 g/mol. The molecule has 0 aliphatic heterocycles. The van der Waals surface area contributed by atoms with Gasteiger partial charge in [-0.2, -0.15) is 0 Å². The van der Waals surface area contributed by atoms with E-state index in [2.05, 4.69) is 64.3 Å². The molecule has 0 saturated carbocycles. The van der Waals surface area contributed by atoms with E-state index in [1.807, 2.05) is 0 Å². The van der Waals surface area contributed by atoms with Crippen LogP contribution in [0.1, 0.15) is 29.3 Å². The third kappa shape index (κ3) is 8.20.